The summed E-state index contributed by atoms with van der Waals surface area (Å²) in [7, 11) is 0. The molecule has 1 atom stereocenters. The van der Waals surface area contributed by atoms with Gasteiger partial charge in [-0.2, -0.15) is 0 Å². The predicted molar refractivity (Wildman–Crippen MR) is 111 cm³/mol. The molecule has 0 aliphatic carbocycles. The van der Waals surface area contributed by atoms with Gasteiger partial charge in [0.2, 0.25) is 11.8 Å². The van der Waals surface area contributed by atoms with Crippen LogP contribution in [0.1, 0.15) is 37.4 Å². The van der Waals surface area contributed by atoms with E-state index in [0.29, 0.717) is 19.0 Å². The third-order valence-corrected chi connectivity index (χ3v) is 5.46. The van der Waals surface area contributed by atoms with Crippen molar-refractivity contribution in [1.29, 1.82) is 0 Å². The van der Waals surface area contributed by atoms with Gasteiger partial charge in [0.15, 0.2) is 0 Å². The van der Waals surface area contributed by atoms with Crippen LogP contribution in [-0.2, 0) is 16.1 Å². The highest BCUT2D eigenvalue weighted by atomic mass is 19.1. The van der Waals surface area contributed by atoms with Crippen LogP contribution in [0.2, 0.25) is 0 Å². The van der Waals surface area contributed by atoms with Crippen molar-refractivity contribution in [1.82, 2.24) is 10.3 Å². The number of H-pyrrole nitrogens is 1. The van der Waals surface area contributed by atoms with Gasteiger partial charge in [-0.25, -0.2) is 4.39 Å². The zero-order chi connectivity index (χ0) is 20.5. The molecule has 1 aliphatic heterocycles. The van der Waals surface area contributed by atoms with Gasteiger partial charge in [-0.1, -0.05) is 26.0 Å². The standard InChI is InChI=1S/C23H24FN3O2/c1-14(2)15-3-6-20(7-4-15)27-13-17(11-22(27)28)23(29)25-12-19-10-16-9-18(24)5-8-21(16)26-19/h3-10,14,17,26H,11-13H2,1-2H3,(H,25,29)/t17-/m1/s1. The van der Waals surface area contributed by atoms with Crippen LogP contribution in [-0.4, -0.2) is 23.3 Å². The van der Waals surface area contributed by atoms with E-state index in [1.54, 1.807) is 11.0 Å². The van der Waals surface area contributed by atoms with Crippen molar-refractivity contribution in [2.24, 2.45) is 5.92 Å². The van der Waals surface area contributed by atoms with Crippen LogP contribution in [0.5, 0.6) is 0 Å². The zero-order valence-electron chi connectivity index (χ0n) is 16.5. The van der Waals surface area contributed by atoms with Crippen LogP contribution < -0.4 is 10.2 Å². The highest BCUT2D eigenvalue weighted by Gasteiger charge is 2.35. The Kier molecular flexibility index (Phi) is 5.09. The van der Waals surface area contributed by atoms with Crippen LogP contribution >= 0.6 is 0 Å². The van der Waals surface area contributed by atoms with E-state index in [4.69, 9.17) is 0 Å². The maximum atomic E-state index is 13.3. The molecule has 0 spiro atoms. The lowest BCUT2D eigenvalue weighted by Gasteiger charge is -2.17. The molecular weight excluding hydrogens is 369 g/mol. The Morgan fingerprint density at radius 2 is 1.97 bits per heavy atom. The molecule has 4 rings (SSSR count). The number of amides is 2. The van der Waals surface area contributed by atoms with Crippen LogP contribution in [0.25, 0.3) is 10.9 Å². The van der Waals surface area contributed by atoms with Crippen molar-refractivity contribution in [3.8, 4) is 0 Å². The molecule has 150 valence electrons. The molecule has 1 aromatic heterocycles. The molecule has 0 radical (unpaired) electrons. The van der Waals surface area contributed by atoms with Gasteiger partial charge in [-0.3, -0.25) is 9.59 Å². The number of hydrogen-bond donors (Lipinski definition) is 2. The van der Waals surface area contributed by atoms with E-state index in [-0.39, 0.29) is 30.0 Å². The average Bonchev–Trinajstić information content (AvgIpc) is 3.29. The Labute approximate surface area is 168 Å². The number of carbonyl (C=O) groups excluding carboxylic acids is 2. The minimum atomic E-state index is -0.380. The predicted octanol–water partition coefficient (Wildman–Crippen LogP) is 4.10. The Bertz CT molecular complexity index is 1060. The lowest BCUT2D eigenvalue weighted by Crippen LogP contribution is -2.32. The molecule has 0 bridgehead atoms. The molecular formula is C23H24FN3O2. The maximum Gasteiger partial charge on any atom is 0.227 e. The van der Waals surface area contributed by atoms with Gasteiger partial charge in [0.05, 0.1) is 12.5 Å². The van der Waals surface area contributed by atoms with E-state index in [1.165, 1.54) is 17.7 Å². The van der Waals surface area contributed by atoms with Crippen molar-refractivity contribution in [2.45, 2.75) is 32.7 Å². The summed E-state index contributed by atoms with van der Waals surface area (Å²) >= 11 is 0. The maximum absolute atomic E-state index is 13.3. The first-order valence-electron chi connectivity index (χ1n) is 9.86. The highest BCUT2D eigenvalue weighted by Crippen LogP contribution is 2.27. The number of rotatable bonds is 5. The van der Waals surface area contributed by atoms with Crippen molar-refractivity contribution in [3.63, 3.8) is 0 Å². The van der Waals surface area contributed by atoms with Crippen molar-refractivity contribution in [3.05, 3.63) is 65.6 Å². The summed E-state index contributed by atoms with van der Waals surface area (Å²) in [5.41, 5.74) is 3.66. The fraction of sp³-hybridized carbons (Fsp3) is 0.304. The Morgan fingerprint density at radius 1 is 1.21 bits per heavy atom. The first-order chi connectivity index (χ1) is 13.9. The van der Waals surface area contributed by atoms with Crippen LogP contribution in [0.4, 0.5) is 10.1 Å². The fourth-order valence-electron chi connectivity index (χ4n) is 3.76. The lowest BCUT2D eigenvalue weighted by atomic mass is 10.0. The van der Waals surface area contributed by atoms with Gasteiger partial charge in [0, 0.05) is 35.2 Å². The minimum absolute atomic E-state index is 0.0384. The zero-order valence-corrected chi connectivity index (χ0v) is 16.5. The molecule has 1 aliphatic rings. The van der Waals surface area contributed by atoms with E-state index in [1.807, 2.05) is 30.3 Å². The van der Waals surface area contributed by atoms with E-state index in [2.05, 4.69) is 24.1 Å². The third-order valence-electron chi connectivity index (χ3n) is 5.46. The Hall–Kier alpha value is -3.15. The van der Waals surface area contributed by atoms with Crippen molar-refractivity contribution >= 4 is 28.4 Å². The molecule has 2 N–H and O–H groups in total. The Balaban J connectivity index is 1.38. The van der Waals surface area contributed by atoms with Crippen LogP contribution in [0.15, 0.2) is 48.5 Å². The molecule has 2 amide bonds. The summed E-state index contributed by atoms with van der Waals surface area (Å²) in [6, 6.07) is 14.3. The Morgan fingerprint density at radius 3 is 2.69 bits per heavy atom. The molecule has 5 nitrogen and oxygen atoms in total. The second-order valence-electron chi connectivity index (χ2n) is 7.90. The first kappa shape index (κ1) is 19.2. The summed E-state index contributed by atoms with van der Waals surface area (Å²) in [6.45, 7) is 4.94. The van der Waals surface area contributed by atoms with Gasteiger partial charge < -0.3 is 15.2 Å². The summed E-state index contributed by atoms with van der Waals surface area (Å²) in [5.74, 6) is -0.432. The van der Waals surface area contributed by atoms with Gasteiger partial charge in [0.25, 0.3) is 0 Å². The quantitative estimate of drug-likeness (QED) is 0.685. The number of anilines is 1. The van der Waals surface area contributed by atoms with Gasteiger partial charge >= 0.3 is 0 Å². The largest absolute Gasteiger partial charge is 0.357 e. The van der Waals surface area contributed by atoms with Gasteiger partial charge in [-0.05, 0) is 47.9 Å². The second kappa shape index (κ2) is 7.70. The SMILES string of the molecule is CC(C)c1ccc(N2C[C@H](C(=O)NCc3cc4cc(F)ccc4[nH]3)CC2=O)cc1. The molecule has 2 heterocycles. The number of halogens is 1. The summed E-state index contributed by atoms with van der Waals surface area (Å²) in [4.78, 5) is 29.9. The monoisotopic (exact) mass is 393 g/mol. The highest BCUT2D eigenvalue weighted by molar-refractivity contribution is 6.00. The summed E-state index contributed by atoms with van der Waals surface area (Å²) in [5, 5.41) is 3.66. The fourth-order valence-corrected chi connectivity index (χ4v) is 3.76. The molecule has 29 heavy (non-hydrogen) atoms. The molecule has 2 aromatic carbocycles. The topological polar surface area (TPSA) is 65.2 Å². The molecule has 1 saturated heterocycles. The molecule has 0 saturated carbocycles. The lowest BCUT2D eigenvalue weighted by molar-refractivity contribution is -0.126. The van der Waals surface area contributed by atoms with Crippen molar-refractivity contribution in [2.75, 3.05) is 11.4 Å². The molecule has 3 aromatic rings. The third kappa shape index (κ3) is 4.01. The van der Waals surface area contributed by atoms with E-state index in [9.17, 15) is 14.0 Å². The van der Waals surface area contributed by atoms with Crippen LogP contribution in [0, 0.1) is 11.7 Å². The average molecular weight is 393 g/mol. The van der Waals surface area contributed by atoms with E-state index in [0.717, 1.165) is 22.3 Å². The molecule has 1 fully saturated rings. The van der Waals surface area contributed by atoms with Crippen LogP contribution in [0.3, 0.4) is 0 Å². The number of benzene rings is 2. The summed E-state index contributed by atoms with van der Waals surface area (Å²) < 4.78 is 13.3. The smallest absolute Gasteiger partial charge is 0.227 e. The van der Waals surface area contributed by atoms with E-state index < -0.39 is 0 Å². The molecule has 6 heteroatoms. The van der Waals surface area contributed by atoms with E-state index >= 15 is 0 Å². The summed E-state index contributed by atoms with van der Waals surface area (Å²) in [6.07, 6.45) is 0.204. The number of aromatic amines is 1. The number of hydrogen-bond acceptors (Lipinski definition) is 2. The normalized spacial score (nSPS) is 16.8. The minimum Gasteiger partial charge on any atom is -0.357 e. The number of aromatic nitrogens is 1. The van der Waals surface area contributed by atoms with Crippen molar-refractivity contribution < 1.29 is 14.0 Å². The number of nitrogens with zero attached hydrogens (tertiary/aromatic N) is 1. The second-order valence-corrected chi connectivity index (χ2v) is 7.90. The number of carbonyl (C=O) groups is 2. The van der Waals surface area contributed by atoms with Gasteiger partial charge in [-0.15, -0.1) is 0 Å². The number of nitrogens with one attached hydrogen (secondary N) is 2. The van der Waals surface area contributed by atoms with Gasteiger partial charge in [0.1, 0.15) is 5.82 Å². The number of fused-ring (bicyclic) bond motifs is 1. The molecule has 0 unspecified atom stereocenters. The first-order valence-corrected chi connectivity index (χ1v) is 9.86.